The predicted octanol–water partition coefficient (Wildman–Crippen LogP) is 4.49. The first-order chi connectivity index (χ1) is 13.9. The van der Waals surface area contributed by atoms with Gasteiger partial charge in [-0.1, -0.05) is 48.0 Å². The Morgan fingerprint density at radius 1 is 1.00 bits per heavy atom. The molecule has 3 aromatic rings. The minimum Gasteiger partial charge on any atom is -0.375 e. The summed E-state index contributed by atoms with van der Waals surface area (Å²) in [6, 6.07) is 19.0. The van der Waals surface area contributed by atoms with Gasteiger partial charge in [-0.3, -0.25) is 9.59 Å². The van der Waals surface area contributed by atoms with Crippen LogP contribution in [0.2, 0.25) is 5.02 Å². The van der Waals surface area contributed by atoms with Gasteiger partial charge < -0.3 is 10.0 Å². The fraction of sp³-hybridized carbons (Fsp3) is 0.130. The number of hydrogen-bond acceptors (Lipinski definition) is 3. The number of carbonyl (C=O) groups is 2. The van der Waals surface area contributed by atoms with Crippen LogP contribution in [-0.4, -0.2) is 16.8 Å². The molecule has 1 atom stereocenters. The zero-order valence-corrected chi connectivity index (χ0v) is 16.1. The molecule has 29 heavy (non-hydrogen) atoms. The summed E-state index contributed by atoms with van der Waals surface area (Å²) in [5.41, 5.74) is -0.135. The summed E-state index contributed by atoms with van der Waals surface area (Å²) < 4.78 is 13.1. The molecule has 1 heterocycles. The number of benzene rings is 3. The van der Waals surface area contributed by atoms with Gasteiger partial charge in [0.2, 0.25) is 0 Å². The Balaban J connectivity index is 1.69. The van der Waals surface area contributed by atoms with E-state index < -0.39 is 29.5 Å². The number of rotatable bonds is 5. The highest BCUT2D eigenvalue weighted by Crippen LogP contribution is 2.43. The van der Waals surface area contributed by atoms with Crippen molar-refractivity contribution >= 4 is 29.0 Å². The highest BCUT2D eigenvalue weighted by Gasteiger charge is 2.50. The Kier molecular flexibility index (Phi) is 4.94. The van der Waals surface area contributed by atoms with Crippen LogP contribution < -0.4 is 4.90 Å². The molecule has 4 nitrogen and oxygen atoms in total. The summed E-state index contributed by atoms with van der Waals surface area (Å²) in [7, 11) is 0. The van der Waals surface area contributed by atoms with Gasteiger partial charge in [0, 0.05) is 16.1 Å². The topological polar surface area (TPSA) is 57.6 Å². The maximum absolute atomic E-state index is 13.2. The average Bonchev–Trinajstić information content (AvgIpc) is 2.92. The monoisotopic (exact) mass is 409 g/mol. The molecule has 1 amide bonds. The number of Topliss-reactive ketones (excluding diaryl/α,β-unsaturated/α-hetero) is 1. The third-order valence-electron chi connectivity index (χ3n) is 5.11. The van der Waals surface area contributed by atoms with Crippen molar-refractivity contribution in [3.63, 3.8) is 0 Å². The molecule has 0 saturated carbocycles. The third-order valence-corrected chi connectivity index (χ3v) is 5.48. The highest BCUT2D eigenvalue weighted by molar-refractivity contribution is 6.31. The first kappa shape index (κ1) is 19.3. The fourth-order valence-corrected chi connectivity index (χ4v) is 3.80. The smallest absolute Gasteiger partial charge is 0.264 e. The zero-order chi connectivity index (χ0) is 20.6. The van der Waals surface area contributed by atoms with E-state index >= 15 is 0 Å². The van der Waals surface area contributed by atoms with Crippen molar-refractivity contribution in [2.45, 2.75) is 18.6 Å². The second kappa shape index (κ2) is 7.43. The maximum atomic E-state index is 13.2. The molecule has 1 N–H and O–H groups in total. The molecular formula is C23H17ClFNO3. The van der Waals surface area contributed by atoms with E-state index in [-0.39, 0.29) is 12.1 Å². The summed E-state index contributed by atoms with van der Waals surface area (Å²) in [5, 5.41) is 11.8. The number of ketones is 1. The van der Waals surface area contributed by atoms with E-state index in [0.29, 0.717) is 16.3 Å². The van der Waals surface area contributed by atoms with Crippen molar-refractivity contribution < 1.29 is 19.1 Å². The summed E-state index contributed by atoms with van der Waals surface area (Å²) in [6.07, 6.45) is -0.437. The zero-order valence-electron chi connectivity index (χ0n) is 15.3. The van der Waals surface area contributed by atoms with E-state index in [1.807, 2.05) is 6.07 Å². The lowest BCUT2D eigenvalue weighted by Gasteiger charge is -2.23. The predicted molar refractivity (Wildman–Crippen MR) is 108 cm³/mol. The molecule has 1 aliphatic heterocycles. The van der Waals surface area contributed by atoms with Crippen LogP contribution in [0.1, 0.15) is 27.9 Å². The number of fused-ring (bicyclic) bond motifs is 1. The Labute approximate surface area is 172 Å². The van der Waals surface area contributed by atoms with Crippen molar-refractivity contribution in [2.24, 2.45) is 0 Å². The van der Waals surface area contributed by atoms with Crippen LogP contribution in [0.5, 0.6) is 0 Å². The fourth-order valence-electron chi connectivity index (χ4n) is 3.60. The summed E-state index contributed by atoms with van der Waals surface area (Å²) in [4.78, 5) is 27.4. The first-order valence-corrected chi connectivity index (χ1v) is 9.44. The number of carbonyl (C=O) groups excluding carboxylic acids is 2. The van der Waals surface area contributed by atoms with Gasteiger partial charge in [0.15, 0.2) is 11.4 Å². The van der Waals surface area contributed by atoms with E-state index in [9.17, 15) is 19.1 Å². The Hall–Kier alpha value is -3.02. The lowest BCUT2D eigenvalue weighted by Crippen LogP contribution is -2.41. The van der Waals surface area contributed by atoms with Gasteiger partial charge in [0.1, 0.15) is 5.82 Å². The van der Waals surface area contributed by atoms with Crippen LogP contribution >= 0.6 is 11.6 Å². The molecule has 0 aromatic heterocycles. The van der Waals surface area contributed by atoms with Crippen molar-refractivity contribution in [3.05, 3.63) is 100 Å². The lowest BCUT2D eigenvalue weighted by atomic mass is 9.88. The molecule has 0 radical (unpaired) electrons. The molecule has 3 aromatic carbocycles. The van der Waals surface area contributed by atoms with Crippen LogP contribution in [0.3, 0.4) is 0 Å². The van der Waals surface area contributed by atoms with Gasteiger partial charge in [-0.2, -0.15) is 0 Å². The SMILES string of the molecule is O=C(CC1(O)C(=O)N(Cc2ccccc2Cl)c2ccccc21)c1ccc(F)cc1. The number of nitrogens with zero attached hydrogens (tertiary/aromatic N) is 1. The number of halogens is 2. The molecule has 6 heteroatoms. The molecule has 0 bridgehead atoms. The standard InChI is InChI=1S/C23H17ClFNO3/c24-19-7-3-1-5-16(19)14-26-20-8-4-2-6-18(20)23(29,22(26)28)13-21(27)15-9-11-17(25)12-10-15/h1-12,29H,13-14H2. The number of aliphatic hydroxyl groups is 1. The molecular weight excluding hydrogens is 393 g/mol. The number of anilines is 1. The minimum atomic E-state index is -2.00. The van der Waals surface area contributed by atoms with Gasteiger partial charge >= 0.3 is 0 Å². The highest BCUT2D eigenvalue weighted by atomic mass is 35.5. The van der Waals surface area contributed by atoms with E-state index in [1.165, 1.54) is 29.2 Å². The van der Waals surface area contributed by atoms with Gasteiger partial charge in [0.25, 0.3) is 5.91 Å². The summed E-state index contributed by atoms with van der Waals surface area (Å²) >= 11 is 6.24. The minimum absolute atomic E-state index is 0.169. The first-order valence-electron chi connectivity index (χ1n) is 9.06. The van der Waals surface area contributed by atoms with Gasteiger partial charge in [-0.15, -0.1) is 0 Å². The van der Waals surface area contributed by atoms with Crippen molar-refractivity contribution in [1.29, 1.82) is 0 Å². The van der Waals surface area contributed by atoms with E-state index in [1.54, 1.807) is 42.5 Å². The van der Waals surface area contributed by atoms with E-state index in [4.69, 9.17) is 11.6 Å². The molecule has 0 fully saturated rings. The van der Waals surface area contributed by atoms with Crippen molar-refractivity contribution in [1.82, 2.24) is 0 Å². The summed E-state index contributed by atoms with van der Waals surface area (Å²) in [5.74, 6) is -1.50. The van der Waals surface area contributed by atoms with Crippen molar-refractivity contribution in [2.75, 3.05) is 4.90 Å². The Morgan fingerprint density at radius 3 is 2.38 bits per heavy atom. The van der Waals surface area contributed by atoms with Crippen LogP contribution in [0.4, 0.5) is 10.1 Å². The molecule has 4 rings (SSSR count). The average molecular weight is 410 g/mol. The largest absolute Gasteiger partial charge is 0.375 e. The maximum Gasteiger partial charge on any atom is 0.264 e. The Bertz CT molecular complexity index is 1100. The van der Waals surface area contributed by atoms with Crippen LogP contribution in [-0.2, 0) is 16.9 Å². The van der Waals surface area contributed by atoms with E-state index in [0.717, 1.165) is 5.56 Å². The normalized spacial score (nSPS) is 18.0. The Morgan fingerprint density at radius 2 is 1.66 bits per heavy atom. The molecule has 1 unspecified atom stereocenters. The van der Waals surface area contributed by atoms with Gasteiger partial charge in [-0.25, -0.2) is 4.39 Å². The van der Waals surface area contributed by atoms with Crippen LogP contribution in [0.25, 0.3) is 0 Å². The van der Waals surface area contributed by atoms with Crippen molar-refractivity contribution in [3.8, 4) is 0 Å². The van der Waals surface area contributed by atoms with Crippen LogP contribution in [0, 0.1) is 5.82 Å². The molecule has 0 aliphatic carbocycles. The van der Waals surface area contributed by atoms with Gasteiger partial charge in [-0.05, 0) is 42.0 Å². The molecule has 1 aliphatic rings. The van der Waals surface area contributed by atoms with Crippen LogP contribution in [0.15, 0.2) is 72.8 Å². The lowest BCUT2D eigenvalue weighted by molar-refractivity contribution is -0.136. The quantitative estimate of drug-likeness (QED) is 0.632. The summed E-state index contributed by atoms with van der Waals surface area (Å²) in [6.45, 7) is 0.169. The second-order valence-corrected chi connectivity index (χ2v) is 7.37. The third kappa shape index (κ3) is 3.43. The molecule has 146 valence electrons. The second-order valence-electron chi connectivity index (χ2n) is 6.97. The number of para-hydroxylation sites is 1. The number of amides is 1. The number of hydrogen-bond donors (Lipinski definition) is 1. The van der Waals surface area contributed by atoms with Gasteiger partial charge in [0.05, 0.1) is 18.7 Å². The molecule has 0 saturated heterocycles. The van der Waals surface area contributed by atoms with E-state index in [2.05, 4.69) is 0 Å². The molecule has 0 spiro atoms.